The minimum Gasteiger partial charge on any atom is -0.391 e. The van der Waals surface area contributed by atoms with Crippen LogP contribution in [0.2, 0.25) is 0 Å². The van der Waals surface area contributed by atoms with E-state index in [-0.39, 0.29) is 11.5 Å². The van der Waals surface area contributed by atoms with Gasteiger partial charge in [-0.1, -0.05) is 15.9 Å². The lowest BCUT2D eigenvalue weighted by atomic mass is 10.3. The normalized spacial score (nSPS) is 11.6. The molecule has 0 bridgehead atoms. The number of rotatable bonds is 4. The molecule has 1 aromatic heterocycles. The Morgan fingerprint density at radius 1 is 1.15 bits per heavy atom. The molecule has 0 atom stereocenters. The van der Waals surface area contributed by atoms with Gasteiger partial charge in [-0.25, -0.2) is 8.42 Å². The van der Waals surface area contributed by atoms with Crippen molar-refractivity contribution in [2.45, 2.75) is 11.5 Å². The van der Waals surface area contributed by atoms with Crippen LogP contribution in [0.25, 0.3) is 0 Å². The van der Waals surface area contributed by atoms with Crippen LogP contribution in [0.3, 0.4) is 0 Å². The molecule has 4 nitrogen and oxygen atoms in total. The van der Waals surface area contributed by atoms with Gasteiger partial charge in [-0.2, -0.15) is 0 Å². The lowest BCUT2D eigenvalue weighted by Crippen LogP contribution is -2.13. The molecule has 9 heteroatoms. The second-order valence-corrected chi connectivity index (χ2v) is 9.06. The molecule has 0 amide bonds. The molecule has 0 fully saturated rings. The number of halogens is 3. The third kappa shape index (κ3) is 3.63. The van der Waals surface area contributed by atoms with E-state index in [1.807, 2.05) is 0 Å². The van der Waals surface area contributed by atoms with Gasteiger partial charge in [0.1, 0.15) is 0 Å². The molecular weight excluding hydrogens is 498 g/mol. The highest BCUT2D eigenvalue weighted by molar-refractivity contribution is 9.11. The summed E-state index contributed by atoms with van der Waals surface area (Å²) in [5, 5.41) is 10.5. The van der Waals surface area contributed by atoms with Gasteiger partial charge in [0.05, 0.1) is 17.2 Å². The molecule has 0 spiro atoms. The minimum absolute atomic E-state index is 0.133. The molecule has 0 radical (unpaired) electrons. The van der Waals surface area contributed by atoms with Crippen molar-refractivity contribution >= 4 is 74.8 Å². The summed E-state index contributed by atoms with van der Waals surface area (Å²) in [7, 11) is -3.69. The molecule has 0 aliphatic rings. The van der Waals surface area contributed by atoms with Crippen LogP contribution in [-0.2, 0) is 16.6 Å². The van der Waals surface area contributed by atoms with Crippen LogP contribution in [0.5, 0.6) is 0 Å². The zero-order chi connectivity index (χ0) is 14.9. The SMILES string of the molecule is O=S(=O)(Nc1c(Br)cc(Br)cc1Br)c1csc(CO)c1. The van der Waals surface area contributed by atoms with Crippen LogP contribution in [0.15, 0.2) is 41.9 Å². The summed E-state index contributed by atoms with van der Waals surface area (Å²) >= 11 is 11.2. The van der Waals surface area contributed by atoms with Crippen LogP contribution in [0, 0.1) is 0 Å². The highest BCUT2D eigenvalue weighted by Gasteiger charge is 2.19. The van der Waals surface area contributed by atoms with E-state index in [9.17, 15) is 8.42 Å². The average Bonchev–Trinajstić information content (AvgIpc) is 2.83. The van der Waals surface area contributed by atoms with Crippen LogP contribution < -0.4 is 4.72 Å². The smallest absolute Gasteiger partial charge is 0.262 e. The quantitative estimate of drug-likeness (QED) is 0.650. The van der Waals surface area contributed by atoms with Crippen LogP contribution in [-0.4, -0.2) is 13.5 Å². The van der Waals surface area contributed by atoms with E-state index in [4.69, 9.17) is 5.11 Å². The average molecular weight is 506 g/mol. The molecular formula is C11H8Br3NO3S2. The van der Waals surface area contributed by atoms with Gasteiger partial charge >= 0.3 is 0 Å². The molecule has 0 aliphatic carbocycles. The van der Waals surface area contributed by atoms with Gasteiger partial charge in [0, 0.05) is 23.7 Å². The van der Waals surface area contributed by atoms with Gasteiger partial charge in [0.15, 0.2) is 0 Å². The Morgan fingerprint density at radius 2 is 1.75 bits per heavy atom. The molecule has 20 heavy (non-hydrogen) atoms. The number of sulfonamides is 1. The molecule has 2 rings (SSSR count). The first-order chi connectivity index (χ1) is 9.33. The Morgan fingerprint density at radius 3 is 2.25 bits per heavy atom. The van der Waals surface area contributed by atoms with Crippen molar-refractivity contribution in [1.29, 1.82) is 0 Å². The summed E-state index contributed by atoms with van der Waals surface area (Å²) < 4.78 is 29.1. The van der Waals surface area contributed by atoms with E-state index in [1.165, 1.54) is 22.8 Å². The minimum atomic E-state index is -3.69. The number of aliphatic hydroxyl groups is 1. The predicted molar refractivity (Wildman–Crippen MR) is 90.6 cm³/mol. The summed E-state index contributed by atoms with van der Waals surface area (Å²) in [6.45, 7) is -0.175. The second kappa shape index (κ2) is 6.45. The summed E-state index contributed by atoms with van der Waals surface area (Å²) in [5.74, 6) is 0. The fourth-order valence-corrected chi connectivity index (χ4v) is 6.37. The molecule has 2 N–H and O–H groups in total. The van der Waals surface area contributed by atoms with Crippen LogP contribution in [0.4, 0.5) is 5.69 Å². The summed E-state index contributed by atoms with van der Waals surface area (Å²) in [6.07, 6.45) is 0. The second-order valence-electron chi connectivity index (χ2n) is 3.76. The Bertz CT molecular complexity index is 720. The van der Waals surface area contributed by atoms with Gasteiger partial charge < -0.3 is 5.11 Å². The first-order valence-electron chi connectivity index (χ1n) is 5.19. The maximum atomic E-state index is 12.3. The van der Waals surface area contributed by atoms with Gasteiger partial charge in [-0.05, 0) is 50.1 Å². The molecule has 1 heterocycles. The van der Waals surface area contributed by atoms with E-state index in [0.29, 0.717) is 19.5 Å². The van der Waals surface area contributed by atoms with E-state index in [2.05, 4.69) is 52.5 Å². The highest BCUT2D eigenvalue weighted by Crippen LogP contribution is 2.36. The van der Waals surface area contributed by atoms with Crippen LogP contribution in [0.1, 0.15) is 4.88 Å². The zero-order valence-electron chi connectivity index (χ0n) is 9.73. The Labute approximate surface area is 145 Å². The van der Waals surface area contributed by atoms with Crippen LogP contribution >= 0.6 is 59.1 Å². The molecule has 1 aromatic carbocycles. The van der Waals surface area contributed by atoms with E-state index in [1.54, 1.807) is 12.1 Å². The van der Waals surface area contributed by atoms with Crippen molar-refractivity contribution in [3.05, 3.63) is 41.9 Å². The number of hydrogen-bond donors (Lipinski definition) is 2. The molecule has 2 aromatic rings. The third-order valence-electron chi connectivity index (χ3n) is 2.34. The molecule has 0 saturated heterocycles. The van der Waals surface area contributed by atoms with Crippen molar-refractivity contribution in [3.63, 3.8) is 0 Å². The number of thiophene rings is 1. The number of nitrogens with one attached hydrogen (secondary N) is 1. The van der Waals surface area contributed by atoms with Gasteiger partial charge in [0.2, 0.25) is 0 Å². The standard InChI is InChI=1S/C11H8Br3NO3S2/c12-6-1-9(13)11(10(14)2-6)15-20(17,18)8-3-7(4-16)19-5-8/h1-3,5,15-16H,4H2. The molecule has 0 aliphatic heterocycles. The first kappa shape index (κ1) is 16.4. The van der Waals surface area contributed by atoms with Gasteiger partial charge in [-0.3, -0.25) is 4.72 Å². The van der Waals surface area contributed by atoms with Crippen molar-refractivity contribution in [2.75, 3.05) is 4.72 Å². The molecule has 0 saturated carbocycles. The molecule has 108 valence electrons. The lowest BCUT2D eigenvalue weighted by Gasteiger charge is -2.11. The predicted octanol–water partition coefficient (Wildman–Crippen LogP) is 4.33. The van der Waals surface area contributed by atoms with Crippen molar-refractivity contribution in [3.8, 4) is 0 Å². The van der Waals surface area contributed by atoms with Crippen molar-refractivity contribution in [2.24, 2.45) is 0 Å². The largest absolute Gasteiger partial charge is 0.391 e. The Hall–Kier alpha value is 0.0700. The monoisotopic (exact) mass is 503 g/mol. The third-order valence-corrected chi connectivity index (χ3v) is 6.45. The first-order valence-corrected chi connectivity index (χ1v) is 9.93. The number of aliphatic hydroxyl groups excluding tert-OH is 1. The Kier molecular flexibility index (Phi) is 5.30. The maximum Gasteiger partial charge on any atom is 0.262 e. The fourth-order valence-electron chi connectivity index (χ4n) is 1.42. The maximum absolute atomic E-state index is 12.3. The van der Waals surface area contributed by atoms with E-state index < -0.39 is 10.0 Å². The summed E-state index contributed by atoms with van der Waals surface area (Å²) in [6, 6.07) is 4.94. The highest BCUT2D eigenvalue weighted by atomic mass is 79.9. The zero-order valence-corrected chi connectivity index (χ0v) is 16.1. The topological polar surface area (TPSA) is 66.4 Å². The summed E-state index contributed by atoms with van der Waals surface area (Å²) in [5.41, 5.74) is 0.421. The summed E-state index contributed by atoms with van der Waals surface area (Å²) in [4.78, 5) is 0.729. The van der Waals surface area contributed by atoms with Crippen molar-refractivity contribution in [1.82, 2.24) is 0 Å². The molecule has 0 unspecified atom stereocenters. The lowest BCUT2D eigenvalue weighted by molar-refractivity contribution is 0.285. The number of hydrogen-bond acceptors (Lipinski definition) is 4. The van der Waals surface area contributed by atoms with Crippen molar-refractivity contribution < 1.29 is 13.5 Å². The fraction of sp³-hybridized carbons (Fsp3) is 0.0909. The number of benzene rings is 1. The Balaban J connectivity index is 2.38. The van der Waals surface area contributed by atoms with Gasteiger partial charge in [-0.15, -0.1) is 11.3 Å². The van der Waals surface area contributed by atoms with Gasteiger partial charge in [0.25, 0.3) is 10.0 Å². The number of anilines is 1. The van der Waals surface area contributed by atoms with E-state index in [0.717, 1.165) is 4.47 Å². The van der Waals surface area contributed by atoms with E-state index >= 15 is 0 Å².